The normalized spacial score (nSPS) is 16.4. The van der Waals surface area contributed by atoms with Gasteiger partial charge in [0.15, 0.2) is 0 Å². The smallest absolute Gasteiger partial charge is 0.407 e. The summed E-state index contributed by atoms with van der Waals surface area (Å²) in [6.45, 7) is 0.374. The monoisotopic (exact) mass is 230 g/mol. The van der Waals surface area contributed by atoms with E-state index in [0.29, 0.717) is 12.5 Å². The van der Waals surface area contributed by atoms with Crippen LogP contribution in [-0.4, -0.2) is 38.4 Å². The lowest BCUT2D eigenvalue weighted by atomic mass is 10.3. The number of methoxy groups -OCH3 is 1. The predicted molar refractivity (Wildman–Crippen MR) is 56.7 cm³/mol. The van der Waals surface area contributed by atoms with E-state index < -0.39 is 18.1 Å². The zero-order chi connectivity index (χ0) is 12.0. The molecule has 1 atom stereocenters. The van der Waals surface area contributed by atoms with E-state index in [1.165, 1.54) is 20.0 Å². The summed E-state index contributed by atoms with van der Waals surface area (Å²) in [5, 5.41) is 2.35. The van der Waals surface area contributed by atoms with Crippen molar-refractivity contribution in [1.82, 2.24) is 5.32 Å². The first-order chi connectivity index (χ1) is 7.67. The second-order valence-corrected chi connectivity index (χ2v) is 3.82. The van der Waals surface area contributed by atoms with Crippen LogP contribution in [0, 0.1) is 5.92 Å². The van der Waals surface area contributed by atoms with Crippen LogP contribution in [-0.2, 0) is 14.3 Å². The van der Waals surface area contributed by atoms with Gasteiger partial charge in [-0.25, -0.2) is 9.59 Å². The molecular formula is C10H18N2O4. The van der Waals surface area contributed by atoms with Gasteiger partial charge in [0.25, 0.3) is 0 Å². The van der Waals surface area contributed by atoms with Crippen LogP contribution in [0.5, 0.6) is 0 Å². The standard InChI is InChI=1S/C10H18N2O4/c1-15-9(13)8(6-11)12-10(14)16-5-4-7-2-3-7/h7-8H,2-6,11H2,1H3,(H,12,14)/t8-/m0/s1. The molecule has 0 heterocycles. The van der Waals surface area contributed by atoms with Crippen LogP contribution >= 0.6 is 0 Å². The third-order valence-electron chi connectivity index (χ3n) is 2.47. The first-order valence-electron chi connectivity index (χ1n) is 5.38. The van der Waals surface area contributed by atoms with E-state index >= 15 is 0 Å². The molecule has 6 nitrogen and oxygen atoms in total. The molecule has 6 heteroatoms. The minimum absolute atomic E-state index is 0.00953. The van der Waals surface area contributed by atoms with E-state index in [9.17, 15) is 9.59 Å². The molecule has 1 amide bonds. The summed E-state index contributed by atoms with van der Waals surface area (Å²) in [5.74, 6) is 0.139. The summed E-state index contributed by atoms with van der Waals surface area (Å²) in [7, 11) is 1.24. The summed E-state index contributed by atoms with van der Waals surface area (Å²) >= 11 is 0. The number of nitrogens with two attached hydrogens (primary N) is 1. The highest BCUT2D eigenvalue weighted by Gasteiger charge is 2.23. The molecule has 0 aromatic heterocycles. The van der Waals surface area contributed by atoms with E-state index in [-0.39, 0.29) is 6.54 Å². The van der Waals surface area contributed by atoms with Crippen molar-refractivity contribution in [1.29, 1.82) is 0 Å². The fourth-order valence-electron chi connectivity index (χ4n) is 1.27. The van der Waals surface area contributed by atoms with E-state index in [1.54, 1.807) is 0 Å². The van der Waals surface area contributed by atoms with Crippen molar-refractivity contribution in [3.8, 4) is 0 Å². The molecule has 0 saturated heterocycles. The molecule has 0 spiro atoms. The summed E-state index contributed by atoms with van der Waals surface area (Å²) < 4.78 is 9.37. The van der Waals surface area contributed by atoms with Gasteiger partial charge < -0.3 is 20.5 Å². The molecule has 1 aliphatic rings. The number of amides is 1. The van der Waals surface area contributed by atoms with Gasteiger partial charge in [0.1, 0.15) is 6.04 Å². The van der Waals surface area contributed by atoms with Crippen LogP contribution < -0.4 is 11.1 Å². The Kier molecular flexibility index (Phi) is 5.04. The topological polar surface area (TPSA) is 90.6 Å². The van der Waals surface area contributed by atoms with Crippen LogP contribution in [0.2, 0.25) is 0 Å². The average Bonchev–Trinajstić information content (AvgIpc) is 3.08. The summed E-state index contributed by atoms with van der Waals surface area (Å²) in [6.07, 6.45) is 2.71. The average molecular weight is 230 g/mol. The fraction of sp³-hybridized carbons (Fsp3) is 0.800. The molecule has 0 radical (unpaired) electrons. The Morgan fingerprint density at radius 2 is 2.19 bits per heavy atom. The number of nitrogens with one attached hydrogen (secondary N) is 1. The van der Waals surface area contributed by atoms with Gasteiger partial charge in [-0.2, -0.15) is 0 Å². The van der Waals surface area contributed by atoms with Crippen LogP contribution in [0.1, 0.15) is 19.3 Å². The Morgan fingerprint density at radius 1 is 1.50 bits per heavy atom. The maximum absolute atomic E-state index is 11.2. The third-order valence-corrected chi connectivity index (χ3v) is 2.47. The highest BCUT2D eigenvalue weighted by Crippen LogP contribution is 2.32. The number of hydrogen-bond acceptors (Lipinski definition) is 5. The van der Waals surface area contributed by atoms with Gasteiger partial charge in [-0.05, 0) is 12.3 Å². The second-order valence-electron chi connectivity index (χ2n) is 3.82. The SMILES string of the molecule is COC(=O)[C@H](CN)NC(=O)OCCC1CC1. The summed E-state index contributed by atoms with van der Waals surface area (Å²) in [4.78, 5) is 22.3. The van der Waals surface area contributed by atoms with E-state index in [0.717, 1.165) is 6.42 Å². The number of ether oxygens (including phenoxy) is 2. The van der Waals surface area contributed by atoms with Crippen molar-refractivity contribution in [2.45, 2.75) is 25.3 Å². The van der Waals surface area contributed by atoms with Gasteiger partial charge in [0.05, 0.1) is 13.7 Å². The Balaban J connectivity index is 2.16. The number of carbonyl (C=O) groups is 2. The van der Waals surface area contributed by atoms with Gasteiger partial charge >= 0.3 is 12.1 Å². The van der Waals surface area contributed by atoms with Crippen molar-refractivity contribution < 1.29 is 19.1 Å². The molecule has 0 bridgehead atoms. The minimum atomic E-state index is -0.835. The molecule has 3 N–H and O–H groups in total. The van der Waals surface area contributed by atoms with Gasteiger partial charge in [0, 0.05) is 6.54 Å². The predicted octanol–water partition coefficient (Wildman–Crippen LogP) is 0.0130. The Bertz CT molecular complexity index is 253. The first-order valence-corrected chi connectivity index (χ1v) is 5.38. The molecule has 92 valence electrons. The Labute approximate surface area is 94.5 Å². The van der Waals surface area contributed by atoms with E-state index in [1.807, 2.05) is 0 Å². The Morgan fingerprint density at radius 3 is 2.69 bits per heavy atom. The highest BCUT2D eigenvalue weighted by atomic mass is 16.6. The summed E-state index contributed by atoms with van der Waals surface area (Å²) in [6, 6.07) is -0.835. The largest absolute Gasteiger partial charge is 0.467 e. The van der Waals surface area contributed by atoms with Crippen LogP contribution in [0.4, 0.5) is 4.79 Å². The van der Waals surface area contributed by atoms with Gasteiger partial charge in [-0.15, -0.1) is 0 Å². The zero-order valence-corrected chi connectivity index (χ0v) is 9.40. The van der Waals surface area contributed by atoms with E-state index in [4.69, 9.17) is 10.5 Å². The second kappa shape index (κ2) is 6.32. The highest BCUT2D eigenvalue weighted by molar-refractivity contribution is 5.81. The van der Waals surface area contributed by atoms with E-state index in [2.05, 4.69) is 10.1 Å². The molecule has 0 aliphatic heterocycles. The maximum Gasteiger partial charge on any atom is 0.407 e. The first kappa shape index (κ1) is 12.8. The lowest BCUT2D eigenvalue weighted by Gasteiger charge is -2.14. The van der Waals surface area contributed by atoms with Crippen molar-refractivity contribution in [3.63, 3.8) is 0 Å². The van der Waals surface area contributed by atoms with Crippen LogP contribution in [0.25, 0.3) is 0 Å². The molecule has 0 aromatic carbocycles. The minimum Gasteiger partial charge on any atom is -0.467 e. The molecule has 1 saturated carbocycles. The number of alkyl carbamates (subject to hydrolysis) is 1. The van der Waals surface area contributed by atoms with Crippen LogP contribution in [0.15, 0.2) is 0 Å². The zero-order valence-electron chi connectivity index (χ0n) is 9.40. The van der Waals surface area contributed by atoms with Gasteiger partial charge in [0.2, 0.25) is 0 Å². The molecule has 1 rings (SSSR count). The third kappa shape index (κ3) is 4.48. The summed E-state index contributed by atoms with van der Waals surface area (Å²) in [5.41, 5.74) is 5.31. The maximum atomic E-state index is 11.2. The van der Waals surface area contributed by atoms with Crippen molar-refractivity contribution in [2.75, 3.05) is 20.3 Å². The fourth-order valence-corrected chi connectivity index (χ4v) is 1.27. The molecule has 0 aromatic rings. The quantitative estimate of drug-likeness (QED) is 0.627. The number of rotatable bonds is 6. The lowest BCUT2D eigenvalue weighted by molar-refractivity contribution is -0.142. The number of esters is 1. The molecular weight excluding hydrogens is 212 g/mol. The lowest BCUT2D eigenvalue weighted by Crippen LogP contribution is -2.46. The molecule has 0 unspecified atom stereocenters. The van der Waals surface area contributed by atoms with Gasteiger partial charge in [-0.3, -0.25) is 0 Å². The number of hydrogen-bond donors (Lipinski definition) is 2. The molecule has 1 aliphatic carbocycles. The van der Waals surface area contributed by atoms with Crippen molar-refractivity contribution in [3.05, 3.63) is 0 Å². The van der Waals surface area contributed by atoms with Crippen molar-refractivity contribution >= 4 is 12.1 Å². The number of carbonyl (C=O) groups excluding carboxylic acids is 2. The molecule has 16 heavy (non-hydrogen) atoms. The van der Waals surface area contributed by atoms with Crippen molar-refractivity contribution in [2.24, 2.45) is 11.7 Å². The Hall–Kier alpha value is -1.30. The molecule has 1 fully saturated rings. The van der Waals surface area contributed by atoms with Gasteiger partial charge in [-0.1, -0.05) is 12.8 Å². The van der Waals surface area contributed by atoms with Crippen LogP contribution in [0.3, 0.4) is 0 Å².